The van der Waals surface area contributed by atoms with Crippen molar-refractivity contribution in [1.29, 1.82) is 0 Å². The highest BCUT2D eigenvalue weighted by molar-refractivity contribution is 5.19. The zero-order valence-corrected chi connectivity index (χ0v) is 11.4. The highest BCUT2D eigenvalue weighted by atomic mass is 19.2. The molecule has 5 heteroatoms. The van der Waals surface area contributed by atoms with Crippen LogP contribution in [0.25, 0.3) is 0 Å². The Morgan fingerprint density at radius 2 is 1.58 bits per heavy atom. The van der Waals surface area contributed by atoms with Gasteiger partial charge < -0.3 is 10.6 Å². The van der Waals surface area contributed by atoms with E-state index >= 15 is 0 Å². The van der Waals surface area contributed by atoms with E-state index in [0.29, 0.717) is 18.0 Å². The Kier molecular flexibility index (Phi) is 6.87. The minimum absolute atomic E-state index is 0.332. The molecule has 0 amide bonds. The molecule has 0 fully saturated rings. The summed E-state index contributed by atoms with van der Waals surface area (Å²) in [5.41, 5.74) is 0.409. The van der Waals surface area contributed by atoms with Crippen molar-refractivity contribution in [3.05, 3.63) is 35.1 Å². The predicted octanol–water partition coefficient (Wildman–Crippen LogP) is 2.83. The molecule has 0 atom stereocenters. The maximum absolute atomic E-state index is 12.9. The smallest absolute Gasteiger partial charge is 0.194 e. The Morgan fingerprint density at radius 1 is 1.00 bits per heavy atom. The lowest BCUT2D eigenvalue weighted by atomic mass is 10.2. The molecule has 2 nitrogen and oxygen atoms in total. The number of hydrogen-bond donors (Lipinski definition) is 2. The van der Waals surface area contributed by atoms with Crippen molar-refractivity contribution < 1.29 is 13.2 Å². The fourth-order valence-corrected chi connectivity index (χ4v) is 1.67. The van der Waals surface area contributed by atoms with Gasteiger partial charge in [0.2, 0.25) is 0 Å². The molecule has 0 aliphatic heterocycles. The third-order valence-corrected chi connectivity index (χ3v) is 2.63. The molecule has 0 unspecified atom stereocenters. The first-order valence-electron chi connectivity index (χ1n) is 6.55. The van der Waals surface area contributed by atoms with Crippen LogP contribution in [0, 0.1) is 23.4 Å². The summed E-state index contributed by atoms with van der Waals surface area (Å²) < 4.78 is 38.6. The molecule has 1 aromatic carbocycles. The van der Waals surface area contributed by atoms with Gasteiger partial charge in [-0.1, -0.05) is 13.8 Å². The predicted molar refractivity (Wildman–Crippen MR) is 70.3 cm³/mol. The summed E-state index contributed by atoms with van der Waals surface area (Å²) in [7, 11) is 0. The number of hydrogen-bond acceptors (Lipinski definition) is 2. The van der Waals surface area contributed by atoms with Crippen LogP contribution in [-0.4, -0.2) is 19.6 Å². The molecule has 0 spiro atoms. The third-order valence-electron chi connectivity index (χ3n) is 2.63. The van der Waals surface area contributed by atoms with E-state index in [0.717, 1.165) is 38.2 Å². The molecule has 0 aromatic heterocycles. The van der Waals surface area contributed by atoms with Crippen molar-refractivity contribution in [2.75, 3.05) is 19.6 Å². The van der Waals surface area contributed by atoms with Crippen molar-refractivity contribution in [2.45, 2.75) is 26.8 Å². The summed E-state index contributed by atoms with van der Waals surface area (Å²) in [6.07, 6.45) is 0.929. The van der Waals surface area contributed by atoms with Crippen LogP contribution in [0.5, 0.6) is 0 Å². The standard InChI is InChI=1S/C14H21F3N2/c1-10(2)8-18-4-3-5-19-9-11-6-12(15)14(17)13(16)7-11/h6-7,10,18-19H,3-5,8-9H2,1-2H3. The van der Waals surface area contributed by atoms with Crippen LogP contribution in [0.3, 0.4) is 0 Å². The molecule has 0 radical (unpaired) electrons. The van der Waals surface area contributed by atoms with Crippen LogP contribution in [0.1, 0.15) is 25.8 Å². The van der Waals surface area contributed by atoms with Gasteiger partial charge in [-0.3, -0.25) is 0 Å². The van der Waals surface area contributed by atoms with Crippen molar-refractivity contribution >= 4 is 0 Å². The van der Waals surface area contributed by atoms with Crippen LogP contribution in [0.15, 0.2) is 12.1 Å². The molecule has 0 saturated carbocycles. The van der Waals surface area contributed by atoms with E-state index < -0.39 is 17.5 Å². The van der Waals surface area contributed by atoms with Crippen LogP contribution < -0.4 is 10.6 Å². The molecule has 0 bridgehead atoms. The minimum Gasteiger partial charge on any atom is -0.316 e. The molecule has 0 aliphatic carbocycles. The second-order valence-corrected chi connectivity index (χ2v) is 5.00. The molecule has 0 heterocycles. The van der Waals surface area contributed by atoms with Gasteiger partial charge in [-0.05, 0) is 49.7 Å². The Hall–Kier alpha value is -1.07. The summed E-state index contributed by atoms with van der Waals surface area (Å²) in [6.45, 7) is 7.24. The van der Waals surface area contributed by atoms with Gasteiger partial charge in [-0.25, -0.2) is 13.2 Å². The molecule has 1 aromatic rings. The van der Waals surface area contributed by atoms with E-state index in [2.05, 4.69) is 24.5 Å². The molecule has 108 valence electrons. The summed E-state index contributed by atoms with van der Waals surface area (Å²) >= 11 is 0. The first-order chi connectivity index (χ1) is 9.00. The number of halogens is 3. The molecule has 0 saturated heterocycles. The number of rotatable bonds is 8. The molecule has 1 rings (SSSR count). The Morgan fingerprint density at radius 3 is 2.16 bits per heavy atom. The van der Waals surface area contributed by atoms with Crippen LogP contribution >= 0.6 is 0 Å². The highest BCUT2D eigenvalue weighted by Crippen LogP contribution is 2.13. The van der Waals surface area contributed by atoms with E-state index in [1.165, 1.54) is 0 Å². The first kappa shape index (κ1) is 16.0. The summed E-state index contributed by atoms with van der Waals surface area (Å²) in [5, 5.41) is 6.37. The first-order valence-corrected chi connectivity index (χ1v) is 6.55. The van der Waals surface area contributed by atoms with Gasteiger partial charge in [-0.2, -0.15) is 0 Å². The van der Waals surface area contributed by atoms with Gasteiger partial charge >= 0.3 is 0 Å². The second-order valence-electron chi connectivity index (χ2n) is 5.00. The highest BCUT2D eigenvalue weighted by Gasteiger charge is 2.09. The topological polar surface area (TPSA) is 24.1 Å². The van der Waals surface area contributed by atoms with E-state index in [4.69, 9.17) is 0 Å². The maximum Gasteiger partial charge on any atom is 0.194 e. The zero-order valence-electron chi connectivity index (χ0n) is 11.4. The second kappa shape index (κ2) is 8.17. The molecule has 2 N–H and O–H groups in total. The lowest BCUT2D eigenvalue weighted by molar-refractivity contribution is 0.444. The quantitative estimate of drug-likeness (QED) is 0.562. The molecular formula is C14H21F3N2. The van der Waals surface area contributed by atoms with Gasteiger partial charge in [0.25, 0.3) is 0 Å². The van der Waals surface area contributed by atoms with Crippen LogP contribution in [-0.2, 0) is 6.54 Å². The van der Waals surface area contributed by atoms with Crippen LogP contribution in [0.4, 0.5) is 13.2 Å². The Balaban J connectivity index is 2.19. The van der Waals surface area contributed by atoms with Crippen molar-refractivity contribution in [3.8, 4) is 0 Å². The van der Waals surface area contributed by atoms with Gasteiger partial charge in [0.15, 0.2) is 17.5 Å². The third kappa shape index (κ3) is 6.07. The van der Waals surface area contributed by atoms with Crippen molar-refractivity contribution in [2.24, 2.45) is 5.92 Å². The minimum atomic E-state index is -1.42. The van der Waals surface area contributed by atoms with Gasteiger partial charge in [0.1, 0.15) is 0 Å². The van der Waals surface area contributed by atoms with Crippen molar-refractivity contribution in [1.82, 2.24) is 10.6 Å². The van der Waals surface area contributed by atoms with Crippen molar-refractivity contribution in [3.63, 3.8) is 0 Å². The monoisotopic (exact) mass is 274 g/mol. The Bertz CT molecular complexity index is 371. The average Bonchev–Trinajstić information content (AvgIpc) is 2.34. The normalized spacial score (nSPS) is 11.3. The SMILES string of the molecule is CC(C)CNCCCNCc1cc(F)c(F)c(F)c1. The zero-order chi connectivity index (χ0) is 14.3. The average molecular weight is 274 g/mol. The molecule has 19 heavy (non-hydrogen) atoms. The van der Waals surface area contributed by atoms with Gasteiger partial charge in [0, 0.05) is 6.54 Å². The lowest BCUT2D eigenvalue weighted by Gasteiger charge is -2.08. The molecule has 0 aliphatic rings. The molecular weight excluding hydrogens is 253 g/mol. The maximum atomic E-state index is 12.9. The number of nitrogens with one attached hydrogen (secondary N) is 2. The summed E-state index contributed by atoms with van der Waals surface area (Å²) in [5.74, 6) is -3.08. The van der Waals surface area contributed by atoms with E-state index in [1.807, 2.05) is 0 Å². The fourth-order valence-electron chi connectivity index (χ4n) is 1.67. The van der Waals surface area contributed by atoms with E-state index in [-0.39, 0.29) is 0 Å². The van der Waals surface area contributed by atoms with Crippen LogP contribution in [0.2, 0.25) is 0 Å². The number of benzene rings is 1. The van der Waals surface area contributed by atoms with E-state index in [9.17, 15) is 13.2 Å². The van der Waals surface area contributed by atoms with E-state index in [1.54, 1.807) is 0 Å². The largest absolute Gasteiger partial charge is 0.316 e. The lowest BCUT2D eigenvalue weighted by Crippen LogP contribution is -2.24. The summed E-state index contributed by atoms with van der Waals surface area (Å²) in [6, 6.07) is 2.03. The summed E-state index contributed by atoms with van der Waals surface area (Å²) in [4.78, 5) is 0. The van der Waals surface area contributed by atoms with Gasteiger partial charge in [-0.15, -0.1) is 0 Å². The Labute approximate surface area is 112 Å². The fraction of sp³-hybridized carbons (Fsp3) is 0.571. The van der Waals surface area contributed by atoms with Gasteiger partial charge in [0.05, 0.1) is 0 Å².